The van der Waals surface area contributed by atoms with Gasteiger partial charge in [-0.25, -0.2) is 9.37 Å². The Hall–Kier alpha value is -2.66. The molecule has 1 heterocycles. The van der Waals surface area contributed by atoms with E-state index in [4.69, 9.17) is 11.6 Å². The largest absolute Gasteiger partial charge is 0.338 e. The highest BCUT2D eigenvalue weighted by Gasteiger charge is 2.21. The van der Waals surface area contributed by atoms with Crippen LogP contribution in [0.2, 0.25) is 5.02 Å². The first-order valence-corrected chi connectivity index (χ1v) is 7.71. The van der Waals surface area contributed by atoms with Crippen LogP contribution in [-0.2, 0) is 7.05 Å². The van der Waals surface area contributed by atoms with Gasteiger partial charge in [-0.3, -0.25) is 4.79 Å². The highest BCUT2D eigenvalue weighted by atomic mass is 35.5. The molecule has 0 radical (unpaired) electrons. The summed E-state index contributed by atoms with van der Waals surface area (Å²) < 4.78 is 15.4. The van der Waals surface area contributed by atoms with Crippen LogP contribution in [-0.4, -0.2) is 15.5 Å². The molecule has 3 aromatic rings. The Morgan fingerprint density at radius 1 is 1.25 bits per heavy atom. The molecule has 1 amide bonds. The Balaban J connectivity index is 1.95. The zero-order valence-electron chi connectivity index (χ0n) is 12.9. The summed E-state index contributed by atoms with van der Waals surface area (Å²) in [5, 5.41) is 3.46. The number of hydrogen-bond acceptors (Lipinski definition) is 2. The fraction of sp³-hybridized carbons (Fsp3) is 0.111. The number of aromatic nitrogens is 2. The zero-order valence-corrected chi connectivity index (χ0v) is 13.7. The van der Waals surface area contributed by atoms with Crippen LogP contribution >= 0.6 is 11.6 Å². The van der Waals surface area contributed by atoms with Crippen LogP contribution in [0.4, 0.5) is 4.39 Å². The second-order valence-electron chi connectivity index (χ2n) is 5.36. The van der Waals surface area contributed by atoms with E-state index >= 15 is 0 Å². The lowest BCUT2D eigenvalue weighted by Gasteiger charge is -2.19. The second kappa shape index (κ2) is 6.84. The quantitative estimate of drug-likeness (QED) is 0.784. The summed E-state index contributed by atoms with van der Waals surface area (Å²) in [7, 11) is 1.82. The third-order valence-corrected chi connectivity index (χ3v) is 3.93. The Kier molecular flexibility index (Phi) is 4.62. The molecule has 1 aromatic heterocycles. The van der Waals surface area contributed by atoms with Gasteiger partial charge in [-0.1, -0.05) is 23.7 Å². The topological polar surface area (TPSA) is 46.9 Å². The first-order chi connectivity index (χ1) is 11.5. The standard InChI is InChI=1S/C18H15ClFN3O/c1-23-10-9-21-17(23)16(13-3-2-4-15(20)11-13)22-18(24)12-5-7-14(19)8-6-12/h2-11,16H,1H3,(H,22,24)/t16-/m0/s1. The first-order valence-electron chi connectivity index (χ1n) is 7.34. The second-order valence-corrected chi connectivity index (χ2v) is 5.80. The van der Waals surface area contributed by atoms with Crippen molar-refractivity contribution >= 4 is 17.5 Å². The lowest BCUT2D eigenvalue weighted by molar-refractivity contribution is 0.0941. The summed E-state index contributed by atoms with van der Waals surface area (Å²) in [5.74, 6) is -0.0423. The van der Waals surface area contributed by atoms with Crippen LogP contribution in [0.25, 0.3) is 0 Å². The van der Waals surface area contributed by atoms with Gasteiger partial charge in [-0.05, 0) is 42.0 Å². The average Bonchev–Trinajstić information content (AvgIpc) is 2.99. The maximum atomic E-state index is 13.6. The summed E-state index contributed by atoms with van der Waals surface area (Å²) >= 11 is 5.85. The fourth-order valence-electron chi connectivity index (χ4n) is 2.45. The lowest BCUT2D eigenvalue weighted by atomic mass is 10.0. The van der Waals surface area contributed by atoms with E-state index in [-0.39, 0.29) is 11.7 Å². The molecule has 0 aliphatic carbocycles. The van der Waals surface area contributed by atoms with Crippen LogP contribution in [0.5, 0.6) is 0 Å². The van der Waals surface area contributed by atoms with Crippen molar-refractivity contribution in [2.24, 2.45) is 7.05 Å². The summed E-state index contributed by atoms with van der Waals surface area (Å²) in [6.07, 6.45) is 3.41. The van der Waals surface area contributed by atoms with E-state index < -0.39 is 6.04 Å². The number of amides is 1. The predicted molar refractivity (Wildman–Crippen MR) is 90.4 cm³/mol. The van der Waals surface area contributed by atoms with E-state index in [0.29, 0.717) is 22.0 Å². The molecule has 1 atom stereocenters. The van der Waals surface area contributed by atoms with Gasteiger partial charge in [0.25, 0.3) is 5.91 Å². The number of hydrogen-bond donors (Lipinski definition) is 1. The van der Waals surface area contributed by atoms with Crippen LogP contribution in [0.3, 0.4) is 0 Å². The minimum Gasteiger partial charge on any atom is -0.338 e. The molecule has 0 saturated carbocycles. The van der Waals surface area contributed by atoms with Gasteiger partial charge in [0.05, 0.1) is 0 Å². The minimum absolute atomic E-state index is 0.288. The Bertz CT molecular complexity index is 861. The summed E-state index contributed by atoms with van der Waals surface area (Å²) in [6.45, 7) is 0. The van der Waals surface area contributed by atoms with Crippen molar-refractivity contribution in [3.63, 3.8) is 0 Å². The molecule has 3 rings (SSSR count). The lowest BCUT2D eigenvalue weighted by Crippen LogP contribution is -2.31. The number of rotatable bonds is 4. The van der Waals surface area contributed by atoms with Crippen molar-refractivity contribution in [2.75, 3.05) is 0 Å². The molecule has 0 aliphatic heterocycles. The summed E-state index contributed by atoms with van der Waals surface area (Å²) in [6, 6.07) is 12.1. The maximum absolute atomic E-state index is 13.6. The number of benzene rings is 2. The number of imidazole rings is 1. The van der Waals surface area contributed by atoms with E-state index in [0.717, 1.165) is 0 Å². The third kappa shape index (κ3) is 3.46. The van der Waals surface area contributed by atoms with Gasteiger partial charge in [-0.15, -0.1) is 0 Å². The normalized spacial score (nSPS) is 12.0. The van der Waals surface area contributed by atoms with Crippen molar-refractivity contribution in [1.29, 1.82) is 0 Å². The van der Waals surface area contributed by atoms with Crippen LogP contribution in [0, 0.1) is 5.82 Å². The Morgan fingerprint density at radius 2 is 2.00 bits per heavy atom. The smallest absolute Gasteiger partial charge is 0.252 e. The van der Waals surface area contributed by atoms with Crippen LogP contribution in [0.1, 0.15) is 27.8 Å². The minimum atomic E-state index is -0.566. The monoisotopic (exact) mass is 343 g/mol. The van der Waals surface area contributed by atoms with Crippen molar-refractivity contribution in [2.45, 2.75) is 6.04 Å². The highest BCUT2D eigenvalue weighted by molar-refractivity contribution is 6.30. The number of halogens is 2. The van der Waals surface area contributed by atoms with E-state index in [2.05, 4.69) is 10.3 Å². The molecule has 6 heteroatoms. The van der Waals surface area contributed by atoms with E-state index in [1.54, 1.807) is 53.4 Å². The maximum Gasteiger partial charge on any atom is 0.252 e. The van der Waals surface area contributed by atoms with Crippen LogP contribution < -0.4 is 5.32 Å². The number of nitrogens with zero attached hydrogens (tertiary/aromatic N) is 2. The molecular formula is C18H15ClFN3O. The van der Waals surface area contributed by atoms with Crippen molar-refractivity contribution in [3.8, 4) is 0 Å². The van der Waals surface area contributed by atoms with Crippen molar-refractivity contribution in [1.82, 2.24) is 14.9 Å². The number of aryl methyl sites for hydroxylation is 1. The van der Waals surface area contributed by atoms with Crippen molar-refractivity contribution in [3.05, 3.63) is 88.7 Å². The van der Waals surface area contributed by atoms with Gasteiger partial charge in [0.1, 0.15) is 17.7 Å². The molecule has 0 bridgehead atoms. The summed E-state index contributed by atoms with van der Waals surface area (Å²) in [4.78, 5) is 16.8. The molecule has 1 N–H and O–H groups in total. The SMILES string of the molecule is Cn1ccnc1[C@@H](NC(=O)c1ccc(Cl)cc1)c1cccc(F)c1. The number of carbonyl (C=O) groups excluding carboxylic acids is 1. The predicted octanol–water partition coefficient (Wildman–Crippen LogP) is 3.73. The van der Waals surface area contributed by atoms with Crippen LogP contribution in [0.15, 0.2) is 60.9 Å². The fourth-order valence-corrected chi connectivity index (χ4v) is 2.58. The van der Waals surface area contributed by atoms with Crippen molar-refractivity contribution < 1.29 is 9.18 Å². The molecule has 24 heavy (non-hydrogen) atoms. The summed E-state index contributed by atoms with van der Waals surface area (Å²) in [5.41, 5.74) is 1.08. The molecule has 0 aliphatic rings. The van der Waals surface area contributed by atoms with Gasteiger partial charge in [0.15, 0.2) is 0 Å². The molecule has 0 fully saturated rings. The number of carbonyl (C=O) groups is 1. The molecule has 0 saturated heterocycles. The zero-order chi connectivity index (χ0) is 17.1. The molecule has 4 nitrogen and oxygen atoms in total. The van der Waals surface area contributed by atoms with E-state index in [9.17, 15) is 9.18 Å². The molecule has 0 unspecified atom stereocenters. The van der Waals surface area contributed by atoms with Gasteiger partial charge in [0, 0.05) is 30.0 Å². The molecule has 122 valence electrons. The highest BCUT2D eigenvalue weighted by Crippen LogP contribution is 2.22. The molecule has 2 aromatic carbocycles. The van der Waals surface area contributed by atoms with Gasteiger partial charge in [-0.2, -0.15) is 0 Å². The van der Waals surface area contributed by atoms with E-state index in [1.807, 2.05) is 7.05 Å². The average molecular weight is 344 g/mol. The Morgan fingerprint density at radius 3 is 2.62 bits per heavy atom. The molecule has 0 spiro atoms. The Labute approximate surface area is 143 Å². The van der Waals surface area contributed by atoms with Gasteiger partial charge >= 0.3 is 0 Å². The molecular weight excluding hydrogens is 329 g/mol. The first kappa shape index (κ1) is 16.2. The number of nitrogens with one attached hydrogen (secondary N) is 1. The van der Waals surface area contributed by atoms with Gasteiger partial charge < -0.3 is 9.88 Å². The third-order valence-electron chi connectivity index (χ3n) is 3.68. The van der Waals surface area contributed by atoms with E-state index in [1.165, 1.54) is 12.1 Å². The van der Waals surface area contributed by atoms with Gasteiger partial charge in [0.2, 0.25) is 0 Å².